The molecule has 0 aliphatic rings. The molecule has 1 amide bonds. The van der Waals surface area contributed by atoms with Gasteiger partial charge in [0.2, 0.25) is 5.91 Å². The average Bonchev–Trinajstić information content (AvgIpc) is 3.08. The zero-order valence-corrected chi connectivity index (χ0v) is 17.7. The van der Waals surface area contributed by atoms with Crippen molar-refractivity contribution in [3.05, 3.63) is 88.1 Å². The van der Waals surface area contributed by atoms with Gasteiger partial charge in [0.1, 0.15) is 5.82 Å². The number of rotatable bonds is 4. The topological polar surface area (TPSA) is 59.8 Å². The maximum atomic E-state index is 12.5. The minimum atomic E-state index is -0.250. The van der Waals surface area contributed by atoms with E-state index < -0.39 is 0 Å². The van der Waals surface area contributed by atoms with Gasteiger partial charge in [-0.05, 0) is 61.7 Å². The predicted molar refractivity (Wildman–Crippen MR) is 122 cm³/mol. The highest BCUT2D eigenvalue weighted by molar-refractivity contribution is 6.30. The number of aryl methyl sites for hydroxylation is 3. The minimum absolute atomic E-state index is 0.250. The van der Waals surface area contributed by atoms with E-state index >= 15 is 0 Å². The fourth-order valence-electron chi connectivity index (χ4n) is 3.33. The first-order valence-corrected chi connectivity index (χ1v) is 9.97. The molecule has 0 radical (unpaired) electrons. The summed E-state index contributed by atoms with van der Waals surface area (Å²) in [6.07, 6.45) is 3.22. The van der Waals surface area contributed by atoms with Crippen LogP contribution in [0.3, 0.4) is 0 Å². The summed E-state index contributed by atoms with van der Waals surface area (Å²) >= 11 is 5.90. The Kier molecular flexibility index (Phi) is 5.38. The van der Waals surface area contributed by atoms with Crippen LogP contribution in [-0.2, 0) is 4.79 Å². The summed E-state index contributed by atoms with van der Waals surface area (Å²) in [5.41, 5.74) is 4.81. The van der Waals surface area contributed by atoms with Crippen LogP contribution in [0, 0.1) is 20.8 Å². The summed E-state index contributed by atoms with van der Waals surface area (Å²) in [6, 6.07) is 17.2. The van der Waals surface area contributed by atoms with E-state index in [1.165, 1.54) is 6.08 Å². The lowest BCUT2D eigenvalue weighted by atomic mass is 10.1. The van der Waals surface area contributed by atoms with E-state index in [0.29, 0.717) is 16.7 Å². The van der Waals surface area contributed by atoms with Crippen molar-refractivity contribution in [2.75, 3.05) is 5.32 Å². The zero-order valence-electron chi connectivity index (χ0n) is 17.0. The molecule has 0 saturated heterocycles. The number of carbonyl (C=O) groups excluding carboxylic acids is 1. The molecule has 6 heteroatoms. The molecule has 5 nitrogen and oxygen atoms in total. The molecule has 2 aromatic carbocycles. The first-order valence-electron chi connectivity index (χ1n) is 9.59. The number of hydrogen-bond acceptors (Lipinski definition) is 3. The number of fused-ring (bicyclic) bond motifs is 1. The molecule has 4 rings (SSSR count). The largest absolute Gasteiger partial charge is 0.307 e. The summed E-state index contributed by atoms with van der Waals surface area (Å²) in [5.74, 6) is 0.984. The van der Waals surface area contributed by atoms with Crippen LogP contribution in [0.1, 0.15) is 22.4 Å². The number of pyridine rings is 1. The Labute approximate surface area is 180 Å². The average molecular weight is 417 g/mol. The van der Waals surface area contributed by atoms with Crippen molar-refractivity contribution < 1.29 is 4.79 Å². The number of carbonyl (C=O) groups is 1. The van der Waals surface area contributed by atoms with Crippen molar-refractivity contribution in [1.29, 1.82) is 0 Å². The standard InChI is InChI=1S/C24H21ClN4O/c1-15-5-4-6-20-16(2)13-21(27-24(15)20)29-22(14-17(3)28-29)26-23(30)12-9-18-7-10-19(25)11-8-18/h4-14H,1-3H3,(H,26,30)/b12-9+. The molecule has 30 heavy (non-hydrogen) atoms. The maximum Gasteiger partial charge on any atom is 0.249 e. The molecule has 1 N–H and O–H groups in total. The van der Waals surface area contributed by atoms with Gasteiger partial charge in [-0.2, -0.15) is 9.78 Å². The number of halogens is 1. The highest BCUT2D eigenvalue weighted by Gasteiger charge is 2.13. The SMILES string of the molecule is Cc1cc(NC(=O)/C=C/c2ccc(Cl)cc2)n(-c2cc(C)c3cccc(C)c3n2)n1. The van der Waals surface area contributed by atoms with E-state index in [9.17, 15) is 4.79 Å². The van der Waals surface area contributed by atoms with Crippen LogP contribution in [0.25, 0.3) is 22.8 Å². The van der Waals surface area contributed by atoms with E-state index in [4.69, 9.17) is 16.6 Å². The van der Waals surface area contributed by atoms with Crippen molar-refractivity contribution in [2.45, 2.75) is 20.8 Å². The number of amides is 1. The molecule has 2 aromatic heterocycles. The van der Waals surface area contributed by atoms with Gasteiger partial charge >= 0.3 is 0 Å². The monoisotopic (exact) mass is 416 g/mol. The van der Waals surface area contributed by atoms with Gasteiger partial charge in [-0.1, -0.05) is 41.9 Å². The zero-order chi connectivity index (χ0) is 21.3. The molecule has 0 saturated carbocycles. The first-order chi connectivity index (χ1) is 14.4. The van der Waals surface area contributed by atoms with Gasteiger partial charge < -0.3 is 5.32 Å². The molecule has 4 aromatic rings. The molecule has 0 atom stereocenters. The Morgan fingerprint density at radius 3 is 2.57 bits per heavy atom. The van der Waals surface area contributed by atoms with E-state index in [1.54, 1.807) is 22.9 Å². The highest BCUT2D eigenvalue weighted by atomic mass is 35.5. The number of nitrogens with one attached hydrogen (secondary N) is 1. The van der Waals surface area contributed by atoms with Crippen LogP contribution in [-0.4, -0.2) is 20.7 Å². The van der Waals surface area contributed by atoms with Crippen molar-refractivity contribution in [3.63, 3.8) is 0 Å². The van der Waals surface area contributed by atoms with Crippen LogP contribution in [0.2, 0.25) is 5.02 Å². The lowest BCUT2D eigenvalue weighted by molar-refractivity contribution is -0.111. The van der Waals surface area contributed by atoms with Gasteiger partial charge in [-0.25, -0.2) is 4.98 Å². The van der Waals surface area contributed by atoms with Crippen molar-refractivity contribution in [2.24, 2.45) is 0 Å². The van der Waals surface area contributed by atoms with Gasteiger partial charge in [-0.3, -0.25) is 4.79 Å². The Bertz CT molecular complexity index is 1270. The van der Waals surface area contributed by atoms with Gasteiger partial charge in [0, 0.05) is 22.6 Å². The highest BCUT2D eigenvalue weighted by Crippen LogP contribution is 2.24. The van der Waals surface area contributed by atoms with Gasteiger partial charge in [-0.15, -0.1) is 0 Å². The summed E-state index contributed by atoms with van der Waals surface area (Å²) in [6.45, 7) is 5.97. The van der Waals surface area contributed by atoms with Gasteiger partial charge in [0.05, 0.1) is 11.2 Å². The Morgan fingerprint density at radius 1 is 1.03 bits per heavy atom. The maximum absolute atomic E-state index is 12.5. The van der Waals surface area contributed by atoms with Crippen molar-refractivity contribution >= 4 is 40.3 Å². The molecule has 0 aliphatic heterocycles. The number of anilines is 1. The van der Waals surface area contributed by atoms with Crippen LogP contribution in [0.15, 0.2) is 60.7 Å². The summed E-state index contributed by atoms with van der Waals surface area (Å²) < 4.78 is 1.67. The molecular formula is C24H21ClN4O. The summed E-state index contributed by atoms with van der Waals surface area (Å²) in [4.78, 5) is 17.3. The second-order valence-electron chi connectivity index (χ2n) is 7.23. The first kappa shape index (κ1) is 19.9. The van der Waals surface area contributed by atoms with Crippen LogP contribution < -0.4 is 5.32 Å². The molecule has 0 fully saturated rings. The molecule has 0 aliphatic carbocycles. The summed E-state index contributed by atoms with van der Waals surface area (Å²) in [7, 11) is 0. The number of benzene rings is 2. The molecule has 0 bridgehead atoms. The molecule has 150 valence electrons. The van der Waals surface area contributed by atoms with Gasteiger partial charge in [0.15, 0.2) is 5.82 Å². The fourth-order valence-corrected chi connectivity index (χ4v) is 3.46. The normalized spacial score (nSPS) is 11.3. The number of para-hydroxylation sites is 1. The van der Waals surface area contributed by atoms with E-state index in [2.05, 4.69) is 23.4 Å². The third kappa shape index (κ3) is 4.11. The minimum Gasteiger partial charge on any atom is -0.307 e. The predicted octanol–water partition coefficient (Wildman–Crippen LogP) is 5.65. The third-order valence-corrected chi connectivity index (χ3v) is 5.08. The molecule has 0 unspecified atom stereocenters. The summed E-state index contributed by atoms with van der Waals surface area (Å²) in [5, 5.41) is 9.21. The molecule has 2 heterocycles. The second-order valence-corrected chi connectivity index (χ2v) is 7.66. The van der Waals surface area contributed by atoms with E-state index in [0.717, 1.165) is 33.3 Å². The molecular weight excluding hydrogens is 396 g/mol. The lowest BCUT2D eigenvalue weighted by Gasteiger charge is -2.11. The van der Waals surface area contributed by atoms with Crippen LogP contribution >= 0.6 is 11.6 Å². The second kappa shape index (κ2) is 8.13. The van der Waals surface area contributed by atoms with Crippen molar-refractivity contribution in [3.8, 4) is 5.82 Å². The van der Waals surface area contributed by atoms with E-state index in [1.807, 2.05) is 50.2 Å². The Morgan fingerprint density at radius 2 is 1.80 bits per heavy atom. The quantitative estimate of drug-likeness (QED) is 0.437. The smallest absolute Gasteiger partial charge is 0.249 e. The number of aromatic nitrogens is 3. The van der Waals surface area contributed by atoms with Gasteiger partial charge in [0.25, 0.3) is 0 Å². The number of nitrogens with zero attached hydrogens (tertiary/aromatic N) is 3. The fraction of sp³-hybridized carbons (Fsp3) is 0.125. The lowest BCUT2D eigenvalue weighted by Crippen LogP contribution is -2.13. The molecule has 0 spiro atoms. The number of hydrogen-bond donors (Lipinski definition) is 1. The Hall–Kier alpha value is -3.44. The Balaban J connectivity index is 1.64. The van der Waals surface area contributed by atoms with Crippen LogP contribution in [0.4, 0.5) is 5.82 Å². The van der Waals surface area contributed by atoms with E-state index in [-0.39, 0.29) is 5.91 Å². The third-order valence-electron chi connectivity index (χ3n) is 4.83. The van der Waals surface area contributed by atoms with Crippen LogP contribution in [0.5, 0.6) is 0 Å². The van der Waals surface area contributed by atoms with Crippen molar-refractivity contribution in [1.82, 2.24) is 14.8 Å².